The predicted molar refractivity (Wildman–Crippen MR) is 219 cm³/mol. The zero-order valence-corrected chi connectivity index (χ0v) is 31.7. The minimum Gasteiger partial charge on any atom is -0.431 e. The molecule has 6 aromatic carbocycles. The molecule has 2 aliphatic rings. The molecule has 9 rings (SSSR count). The summed E-state index contributed by atoms with van der Waals surface area (Å²) in [5.41, 5.74) is 9.04. The normalized spacial score (nSPS) is 17.8. The van der Waals surface area contributed by atoms with Crippen LogP contribution in [0.15, 0.2) is 167 Å². The lowest BCUT2D eigenvalue weighted by Gasteiger charge is -2.36. The summed E-state index contributed by atoms with van der Waals surface area (Å²) < 4.78 is 19.8. The molecule has 57 heavy (non-hydrogen) atoms. The van der Waals surface area contributed by atoms with Crippen LogP contribution >= 0.6 is 11.8 Å². The molecular formula is C48H38N2O6S. The fourth-order valence-electron chi connectivity index (χ4n) is 7.44. The molecule has 2 aliphatic heterocycles. The fourth-order valence-corrected chi connectivity index (χ4v) is 8.28. The quantitative estimate of drug-likeness (QED) is 0.102. The number of thioether (sulfide) groups is 1. The molecule has 9 heteroatoms. The van der Waals surface area contributed by atoms with Crippen LogP contribution in [0, 0.1) is 0 Å². The highest BCUT2D eigenvalue weighted by atomic mass is 32.2. The van der Waals surface area contributed by atoms with Crippen molar-refractivity contribution in [3.63, 3.8) is 0 Å². The lowest BCUT2D eigenvalue weighted by molar-refractivity contribution is -0.245. The van der Waals surface area contributed by atoms with Gasteiger partial charge < -0.3 is 19.0 Å². The summed E-state index contributed by atoms with van der Waals surface area (Å²) in [6.07, 6.45) is -0.503. The number of aromatic nitrogens is 1. The van der Waals surface area contributed by atoms with Crippen LogP contribution in [0.3, 0.4) is 0 Å². The van der Waals surface area contributed by atoms with Gasteiger partial charge in [-0.1, -0.05) is 157 Å². The number of aliphatic hydroxyl groups excluding tert-OH is 1. The van der Waals surface area contributed by atoms with E-state index in [2.05, 4.69) is 0 Å². The van der Waals surface area contributed by atoms with Crippen molar-refractivity contribution < 1.29 is 28.6 Å². The van der Waals surface area contributed by atoms with Crippen LogP contribution in [0.1, 0.15) is 61.8 Å². The third kappa shape index (κ3) is 7.58. The topological polar surface area (TPSA) is 102 Å². The molecule has 0 bridgehead atoms. The molecule has 1 fully saturated rings. The van der Waals surface area contributed by atoms with Crippen molar-refractivity contribution in [1.82, 2.24) is 9.88 Å². The number of amides is 2. The molecule has 3 atom stereocenters. The maximum absolute atomic E-state index is 13.2. The highest BCUT2D eigenvalue weighted by Gasteiger charge is 2.36. The number of imide groups is 1. The van der Waals surface area contributed by atoms with Crippen molar-refractivity contribution in [2.45, 2.75) is 43.3 Å². The van der Waals surface area contributed by atoms with Gasteiger partial charge in [-0.2, -0.15) is 0 Å². The van der Waals surface area contributed by atoms with Crippen molar-refractivity contribution >= 4 is 23.6 Å². The largest absolute Gasteiger partial charge is 0.431 e. The number of ether oxygens (including phenoxy) is 2. The maximum Gasteiger partial charge on any atom is 0.261 e. The number of benzene rings is 6. The van der Waals surface area contributed by atoms with Crippen LogP contribution in [0.5, 0.6) is 0 Å². The van der Waals surface area contributed by atoms with Crippen LogP contribution in [-0.4, -0.2) is 38.7 Å². The van der Waals surface area contributed by atoms with E-state index in [1.807, 2.05) is 133 Å². The van der Waals surface area contributed by atoms with Gasteiger partial charge in [-0.25, -0.2) is 4.98 Å². The first kappa shape index (κ1) is 36.5. The number of carbonyl (C=O) groups is 2. The van der Waals surface area contributed by atoms with E-state index in [1.54, 1.807) is 24.3 Å². The zero-order chi connectivity index (χ0) is 38.7. The third-order valence-electron chi connectivity index (χ3n) is 10.4. The minimum atomic E-state index is -0.654. The highest BCUT2D eigenvalue weighted by Crippen LogP contribution is 2.42. The van der Waals surface area contributed by atoms with Gasteiger partial charge in [0.05, 0.1) is 36.5 Å². The highest BCUT2D eigenvalue weighted by molar-refractivity contribution is 7.99. The van der Waals surface area contributed by atoms with Crippen LogP contribution in [0.4, 0.5) is 0 Å². The average Bonchev–Trinajstić information content (AvgIpc) is 3.82. The Morgan fingerprint density at radius 1 is 0.632 bits per heavy atom. The SMILES string of the molecule is O=C1c2ccccc2C(=O)N1Cc1ccccc1-c1ccc(C2OC(CSc3nc(-c4ccccc4)c(-c4ccccc4)o3)CC(c3ccc(CO)cc3)O2)cc1. The Morgan fingerprint density at radius 2 is 1.23 bits per heavy atom. The molecule has 3 unspecified atom stereocenters. The molecule has 0 aliphatic carbocycles. The second kappa shape index (κ2) is 16.2. The predicted octanol–water partition coefficient (Wildman–Crippen LogP) is 10.3. The van der Waals surface area contributed by atoms with Gasteiger partial charge in [0, 0.05) is 28.9 Å². The van der Waals surface area contributed by atoms with Gasteiger partial charge in [0.2, 0.25) is 0 Å². The van der Waals surface area contributed by atoms with E-state index >= 15 is 0 Å². The molecule has 1 aromatic heterocycles. The van der Waals surface area contributed by atoms with E-state index in [0.717, 1.165) is 56.0 Å². The standard InChI is InChI=1S/C48H38N2O6S/c51-29-31-19-21-33(22-20-31)42-27-38(30-57-48-49-43(34-11-3-1-4-12-34)44(56-48)35-13-5-2-6-14-35)54-47(55-42)36-25-23-32(24-26-36)39-16-8-7-15-37(39)28-50-45(52)40-17-9-10-18-41(40)46(50)53/h1-26,38,42,47,51H,27-30H2. The number of oxazole rings is 1. The van der Waals surface area contributed by atoms with Gasteiger partial charge >= 0.3 is 0 Å². The van der Waals surface area contributed by atoms with Gasteiger partial charge in [-0.05, 0) is 39.9 Å². The Kier molecular flexibility index (Phi) is 10.4. The van der Waals surface area contributed by atoms with Crippen molar-refractivity contribution in [3.05, 3.63) is 191 Å². The Balaban J connectivity index is 0.960. The fraction of sp³-hybridized carbons (Fsp3) is 0.146. The summed E-state index contributed by atoms with van der Waals surface area (Å²) in [6.45, 7) is 0.135. The van der Waals surface area contributed by atoms with E-state index in [1.165, 1.54) is 16.7 Å². The average molecular weight is 771 g/mol. The zero-order valence-electron chi connectivity index (χ0n) is 30.9. The van der Waals surface area contributed by atoms with Gasteiger partial charge in [-0.3, -0.25) is 14.5 Å². The first-order valence-corrected chi connectivity index (χ1v) is 19.9. The van der Waals surface area contributed by atoms with Crippen molar-refractivity contribution in [1.29, 1.82) is 0 Å². The number of hydrogen-bond acceptors (Lipinski definition) is 8. The van der Waals surface area contributed by atoms with Crippen LogP contribution in [0.2, 0.25) is 0 Å². The van der Waals surface area contributed by atoms with Crippen LogP contribution in [-0.2, 0) is 22.6 Å². The molecule has 2 amide bonds. The lowest BCUT2D eigenvalue weighted by atomic mass is 9.97. The summed E-state index contributed by atoms with van der Waals surface area (Å²) in [6, 6.07) is 50.8. The molecule has 1 saturated heterocycles. The molecule has 7 aromatic rings. The van der Waals surface area contributed by atoms with Gasteiger partial charge in [0.25, 0.3) is 17.0 Å². The van der Waals surface area contributed by atoms with E-state index in [0.29, 0.717) is 28.5 Å². The van der Waals surface area contributed by atoms with E-state index in [9.17, 15) is 14.7 Å². The second-order valence-electron chi connectivity index (χ2n) is 14.1. The second-order valence-corrected chi connectivity index (χ2v) is 15.0. The van der Waals surface area contributed by atoms with Crippen LogP contribution < -0.4 is 0 Å². The Hall–Kier alpha value is -6.10. The van der Waals surface area contributed by atoms with Crippen molar-refractivity contribution in [2.75, 3.05) is 5.75 Å². The third-order valence-corrected chi connectivity index (χ3v) is 11.4. The smallest absolute Gasteiger partial charge is 0.261 e. The Morgan fingerprint density at radius 3 is 1.89 bits per heavy atom. The molecule has 8 nitrogen and oxygen atoms in total. The molecule has 282 valence electrons. The summed E-state index contributed by atoms with van der Waals surface area (Å²) in [5, 5.41) is 10.2. The van der Waals surface area contributed by atoms with Crippen molar-refractivity contribution in [2.24, 2.45) is 0 Å². The maximum atomic E-state index is 13.2. The van der Waals surface area contributed by atoms with E-state index < -0.39 is 6.29 Å². The van der Waals surface area contributed by atoms with Gasteiger partial charge in [0.15, 0.2) is 12.1 Å². The number of aliphatic hydroxyl groups is 1. The Bertz CT molecular complexity index is 2430. The number of carbonyl (C=O) groups excluding carboxylic acids is 2. The van der Waals surface area contributed by atoms with Gasteiger partial charge in [0.1, 0.15) is 5.69 Å². The Labute approximate surface area is 334 Å². The van der Waals surface area contributed by atoms with E-state index in [4.69, 9.17) is 18.9 Å². The van der Waals surface area contributed by atoms with E-state index in [-0.39, 0.29) is 37.2 Å². The summed E-state index contributed by atoms with van der Waals surface area (Å²) >= 11 is 1.52. The monoisotopic (exact) mass is 770 g/mol. The molecule has 3 heterocycles. The lowest BCUT2D eigenvalue weighted by Crippen LogP contribution is -2.31. The summed E-state index contributed by atoms with van der Waals surface area (Å²) in [7, 11) is 0. The number of nitrogens with zero attached hydrogens (tertiary/aromatic N) is 2. The molecule has 0 spiro atoms. The molecule has 0 saturated carbocycles. The molecular weight excluding hydrogens is 733 g/mol. The van der Waals surface area contributed by atoms with Crippen LogP contribution in [0.25, 0.3) is 33.7 Å². The number of fused-ring (bicyclic) bond motifs is 1. The summed E-state index contributed by atoms with van der Waals surface area (Å²) in [4.78, 5) is 32.6. The first-order chi connectivity index (χ1) is 28.0. The summed E-state index contributed by atoms with van der Waals surface area (Å²) in [5.74, 6) is 0.743. The first-order valence-electron chi connectivity index (χ1n) is 18.9. The minimum absolute atomic E-state index is 0.0311. The molecule has 1 N–H and O–H groups in total. The number of hydrogen-bond donors (Lipinski definition) is 1. The number of rotatable bonds is 11. The van der Waals surface area contributed by atoms with Gasteiger partial charge in [-0.15, -0.1) is 0 Å². The molecule has 0 radical (unpaired) electrons. The van der Waals surface area contributed by atoms with Crippen molar-refractivity contribution in [3.8, 4) is 33.7 Å².